The van der Waals surface area contributed by atoms with Crippen LogP contribution in [0.15, 0.2) is 67.1 Å². The van der Waals surface area contributed by atoms with Crippen LogP contribution in [0.4, 0.5) is 0 Å². The number of aryl methyl sites for hydroxylation is 1. The zero-order valence-electron chi connectivity index (χ0n) is 20.6. The van der Waals surface area contributed by atoms with Crippen molar-refractivity contribution in [3.63, 3.8) is 0 Å². The van der Waals surface area contributed by atoms with Crippen molar-refractivity contribution in [3.8, 4) is 38.8 Å². The Morgan fingerprint density at radius 3 is 2.62 bits per heavy atom. The summed E-state index contributed by atoms with van der Waals surface area (Å²) in [5.41, 5.74) is 7.03. The molecule has 0 saturated heterocycles. The van der Waals surface area contributed by atoms with Crippen molar-refractivity contribution in [3.05, 3.63) is 72.0 Å². The van der Waals surface area contributed by atoms with E-state index in [0.29, 0.717) is 6.10 Å². The van der Waals surface area contributed by atoms with Crippen molar-refractivity contribution >= 4 is 33.1 Å². The summed E-state index contributed by atoms with van der Waals surface area (Å²) >= 11 is 1.76. The van der Waals surface area contributed by atoms with Crippen molar-refractivity contribution < 1.29 is 4.74 Å². The molecule has 1 aliphatic rings. The number of hydrogen-bond donors (Lipinski definition) is 2. The molecule has 0 unspecified atom stereocenters. The highest BCUT2D eigenvalue weighted by molar-refractivity contribution is 7.15. The predicted molar refractivity (Wildman–Crippen MR) is 150 cm³/mol. The maximum atomic E-state index is 6.27. The lowest BCUT2D eigenvalue weighted by Crippen LogP contribution is -2.19. The zero-order chi connectivity index (χ0) is 24.8. The number of nitrogens with zero attached hydrogens (tertiary/aromatic N) is 3. The highest BCUT2D eigenvalue weighted by atomic mass is 32.1. The standard InChI is InChI=1S/C30H27N5OS/c1-18-7-10-28(37-18)30-24-15-27(33-25(24)11-12-32-30)29-23-14-19(8-9-26(23)34-35-29)20-13-22(17-31-16-20)36-21-5-3-2-4-6-21/h7-17,21,33H,2-6H2,1H3,(H,34,35). The van der Waals surface area contributed by atoms with Gasteiger partial charge in [-0.25, -0.2) is 0 Å². The predicted octanol–water partition coefficient (Wildman–Crippen LogP) is 7.92. The van der Waals surface area contributed by atoms with Gasteiger partial charge in [-0.1, -0.05) is 12.5 Å². The van der Waals surface area contributed by atoms with Gasteiger partial charge in [-0.15, -0.1) is 11.3 Å². The molecule has 6 nitrogen and oxygen atoms in total. The van der Waals surface area contributed by atoms with Gasteiger partial charge in [0, 0.05) is 39.1 Å². The first-order chi connectivity index (χ1) is 18.2. The van der Waals surface area contributed by atoms with Gasteiger partial charge in [0.25, 0.3) is 0 Å². The minimum atomic E-state index is 0.299. The number of ether oxygens (including phenoxy) is 1. The van der Waals surface area contributed by atoms with Crippen LogP contribution in [0, 0.1) is 6.92 Å². The lowest BCUT2D eigenvalue weighted by Gasteiger charge is -2.23. The molecule has 0 spiro atoms. The number of aromatic nitrogens is 5. The van der Waals surface area contributed by atoms with Crippen molar-refractivity contribution in [2.75, 3.05) is 0 Å². The normalized spacial score (nSPS) is 14.5. The van der Waals surface area contributed by atoms with Crippen molar-refractivity contribution in [1.82, 2.24) is 25.1 Å². The number of fused-ring (bicyclic) bond motifs is 2. The number of nitrogens with one attached hydrogen (secondary N) is 2. The van der Waals surface area contributed by atoms with Gasteiger partial charge < -0.3 is 9.72 Å². The number of rotatable bonds is 5. The van der Waals surface area contributed by atoms with Crippen LogP contribution in [0.1, 0.15) is 37.0 Å². The molecule has 1 fully saturated rings. The second-order valence-corrected chi connectivity index (χ2v) is 11.1. The van der Waals surface area contributed by atoms with E-state index in [9.17, 15) is 0 Å². The average molecular weight is 506 g/mol. The fraction of sp³-hybridized carbons (Fsp3) is 0.233. The van der Waals surface area contributed by atoms with Gasteiger partial charge in [0.15, 0.2) is 0 Å². The first-order valence-electron chi connectivity index (χ1n) is 12.9. The summed E-state index contributed by atoms with van der Waals surface area (Å²) < 4.78 is 6.27. The number of benzene rings is 1. The van der Waals surface area contributed by atoms with Crippen LogP contribution in [-0.2, 0) is 0 Å². The SMILES string of the molecule is Cc1ccc(-c2nccc3[nH]c(-c4n[nH]c5ccc(-c6cncc(OC7CCCCC7)c6)cc45)cc23)s1. The third kappa shape index (κ3) is 4.19. The fourth-order valence-corrected chi connectivity index (χ4v) is 6.23. The maximum Gasteiger partial charge on any atom is 0.138 e. The lowest BCUT2D eigenvalue weighted by atomic mass is 9.98. The minimum absolute atomic E-state index is 0.299. The minimum Gasteiger partial charge on any atom is -0.489 e. The molecule has 1 saturated carbocycles. The molecule has 0 bridgehead atoms. The highest BCUT2D eigenvalue weighted by Gasteiger charge is 2.17. The molecule has 5 aromatic heterocycles. The molecule has 1 aromatic carbocycles. The van der Waals surface area contributed by atoms with E-state index >= 15 is 0 Å². The molecule has 6 aromatic rings. The van der Waals surface area contributed by atoms with Gasteiger partial charge >= 0.3 is 0 Å². The molecule has 0 aliphatic heterocycles. The smallest absolute Gasteiger partial charge is 0.138 e. The summed E-state index contributed by atoms with van der Waals surface area (Å²) in [6.45, 7) is 2.12. The first kappa shape index (κ1) is 22.2. The molecule has 7 rings (SSSR count). The summed E-state index contributed by atoms with van der Waals surface area (Å²) in [5.74, 6) is 0.844. The molecular formula is C30H27N5OS. The molecule has 7 heteroatoms. The maximum absolute atomic E-state index is 6.27. The van der Waals surface area contributed by atoms with Crippen LogP contribution >= 0.6 is 11.3 Å². The van der Waals surface area contributed by atoms with Crippen LogP contribution in [0.3, 0.4) is 0 Å². The Kier molecular flexibility index (Phi) is 5.51. The van der Waals surface area contributed by atoms with Crippen LogP contribution in [0.2, 0.25) is 0 Å². The molecule has 0 radical (unpaired) electrons. The van der Waals surface area contributed by atoms with E-state index in [4.69, 9.17) is 9.72 Å². The summed E-state index contributed by atoms with van der Waals surface area (Å²) in [6.07, 6.45) is 11.9. The topological polar surface area (TPSA) is 79.5 Å². The Morgan fingerprint density at radius 2 is 1.76 bits per heavy atom. The summed E-state index contributed by atoms with van der Waals surface area (Å²) in [5, 5.41) is 10.0. The zero-order valence-corrected chi connectivity index (χ0v) is 21.4. The van der Waals surface area contributed by atoms with E-state index in [1.54, 1.807) is 11.3 Å². The van der Waals surface area contributed by atoms with Gasteiger partial charge in [-0.05, 0) is 80.6 Å². The van der Waals surface area contributed by atoms with Crippen LogP contribution < -0.4 is 4.74 Å². The monoisotopic (exact) mass is 505 g/mol. The van der Waals surface area contributed by atoms with E-state index in [1.165, 1.54) is 29.0 Å². The average Bonchev–Trinajstić information content (AvgIpc) is 3.66. The van der Waals surface area contributed by atoms with Gasteiger partial charge in [0.2, 0.25) is 0 Å². The number of thiophene rings is 1. The van der Waals surface area contributed by atoms with Gasteiger partial charge in [0.1, 0.15) is 11.4 Å². The number of H-pyrrole nitrogens is 2. The highest BCUT2D eigenvalue weighted by Crippen LogP contribution is 2.36. The fourth-order valence-electron chi connectivity index (χ4n) is 5.36. The Labute approximate surface area is 218 Å². The molecule has 184 valence electrons. The molecule has 2 N–H and O–H groups in total. The van der Waals surface area contributed by atoms with E-state index < -0.39 is 0 Å². The number of pyridine rings is 2. The molecule has 1 aliphatic carbocycles. The van der Waals surface area contributed by atoms with E-state index in [0.717, 1.165) is 68.6 Å². The van der Waals surface area contributed by atoms with Gasteiger partial charge in [0.05, 0.1) is 34.1 Å². The Morgan fingerprint density at radius 1 is 0.865 bits per heavy atom. The van der Waals surface area contributed by atoms with Crippen molar-refractivity contribution in [1.29, 1.82) is 0 Å². The lowest BCUT2D eigenvalue weighted by molar-refractivity contribution is 0.154. The van der Waals surface area contributed by atoms with Crippen LogP contribution in [0.25, 0.3) is 54.9 Å². The van der Waals surface area contributed by atoms with Crippen molar-refractivity contribution in [2.45, 2.75) is 45.1 Å². The molecule has 37 heavy (non-hydrogen) atoms. The largest absolute Gasteiger partial charge is 0.489 e. The summed E-state index contributed by atoms with van der Waals surface area (Å²) in [4.78, 5) is 15.2. The van der Waals surface area contributed by atoms with E-state index in [1.807, 2.05) is 24.7 Å². The second-order valence-electron chi connectivity index (χ2n) is 9.83. The van der Waals surface area contributed by atoms with Crippen molar-refractivity contribution in [2.24, 2.45) is 0 Å². The molecule has 5 heterocycles. The Hall–Kier alpha value is -3.97. The Bertz CT molecular complexity index is 1720. The van der Waals surface area contributed by atoms with Crippen LogP contribution in [0.5, 0.6) is 5.75 Å². The van der Waals surface area contributed by atoms with Crippen LogP contribution in [-0.4, -0.2) is 31.3 Å². The first-order valence-corrected chi connectivity index (χ1v) is 13.7. The Balaban J connectivity index is 1.26. The van der Waals surface area contributed by atoms with Gasteiger partial charge in [-0.3, -0.25) is 15.1 Å². The third-order valence-electron chi connectivity index (χ3n) is 7.24. The molecule has 0 amide bonds. The van der Waals surface area contributed by atoms with E-state index in [2.05, 4.69) is 69.6 Å². The molecular weight excluding hydrogens is 478 g/mol. The molecule has 0 atom stereocenters. The van der Waals surface area contributed by atoms with E-state index in [-0.39, 0.29) is 0 Å². The summed E-state index contributed by atoms with van der Waals surface area (Å²) in [7, 11) is 0. The second kappa shape index (κ2) is 9.16. The van der Waals surface area contributed by atoms with Gasteiger partial charge in [-0.2, -0.15) is 5.10 Å². The quantitative estimate of drug-likeness (QED) is 0.249. The third-order valence-corrected chi connectivity index (χ3v) is 8.25. The number of hydrogen-bond acceptors (Lipinski definition) is 5. The number of aromatic amines is 2. The summed E-state index contributed by atoms with van der Waals surface area (Å²) in [6, 6.07) is 16.9.